The Labute approximate surface area is 230 Å². The molecule has 4 aromatic rings. The summed E-state index contributed by atoms with van der Waals surface area (Å²) in [6.07, 6.45) is 4.68. The Kier molecular flexibility index (Phi) is 7.74. The molecule has 8 heteroatoms. The Morgan fingerprint density at radius 2 is 1.84 bits per heavy atom. The number of rotatable bonds is 8. The van der Waals surface area contributed by atoms with E-state index < -0.39 is 0 Å². The second-order valence-corrected chi connectivity index (χ2v) is 10.6. The van der Waals surface area contributed by atoms with Crippen molar-refractivity contribution in [2.45, 2.75) is 20.0 Å². The first-order valence-corrected chi connectivity index (χ1v) is 13.5. The number of amides is 1. The molecule has 0 unspecified atom stereocenters. The molecule has 1 amide bonds. The van der Waals surface area contributed by atoms with Crippen LogP contribution in [0.1, 0.15) is 24.5 Å². The van der Waals surface area contributed by atoms with Gasteiger partial charge in [-0.15, -0.1) is 0 Å². The molecule has 1 aliphatic rings. The van der Waals surface area contributed by atoms with Crippen molar-refractivity contribution in [2.75, 3.05) is 6.54 Å². The van der Waals surface area contributed by atoms with E-state index in [-0.39, 0.29) is 5.91 Å². The number of benzene rings is 3. The van der Waals surface area contributed by atoms with Gasteiger partial charge >= 0.3 is 0 Å². The fourth-order valence-corrected chi connectivity index (χ4v) is 5.39. The molecule has 1 saturated heterocycles. The summed E-state index contributed by atoms with van der Waals surface area (Å²) < 4.78 is 8.47. The Balaban J connectivity index is 1.49. The predicted octanol–water partition coefficient (Wildman–Crippen LogP) is 7.38. The normalized spacial score (nSPS) is 14.5. The third kappa shape index (κ3) is 5.80. The summed E-state index contributed by atoms with van der Waals surface area (Å²) in [6.45, 7) is 3.07. The summed E-state index contributed by atoms with van der Waals surface area (Å²) >= 11 is 12.8. The van der Waals surface area contributed by atoms with Crippen molar-refractivity contribution in [3.05, 3.63) is 106 Å². The molecular formula is C29H24ClN3O2S2. The number of thioether (sulfide) groups is 1. The number of aromatic nitrogens is 2. The molecule has 3 aromatic carbocycles. The smallest absolute Gasteiger partial charge is 0.266 e. The summed E-state index contributed by atoms with van der Waals surface area (Å²) in [5, 5.41) is 5.59. The van der Waals surface area contributed by atoms with Crippen molar-refractivity contribution in [1.29, 1.82) is 0 Å². The average Bonchev–Trinajstić information content (AvgIpc) is 3.46. The van der Waals surface area contributed by atoms with Crippen LogP contribution in [0.15, 0.2) is 90.0 Å². The number of thiocarbonyl (C=S) groups is 1. The lowest BCUT2D eigenvalue weighted by Crippen LogP contribution is -2.28. The number of nitrogens with zero attached hydrogens (tertiary/aromatic N) is 3. The number of carbonyl (C=O) groups excluding carboxylic acids is 1. The van der Waals surface area contributed by atoms with Crippen molar-refractivity contribution in [2.24, 2.45) is 0 Å². The van der Waals surface area contributed by atoms with Gasteiger partial charge in [0.1, 0.15) is 22.4 Å². The number of hydrogen-bond acceptors (Lipinski definition) is 5. The third-order valence-corrected chi connectivity index (χ3v) is 7.43. The van der Waals surface area contributed by atoms with Gasteiger partial charge in [0.05, 0.1) is 10.6 Å². The number of para-hydroxylation sites is 1. The fraction of sp³-hybridized carbons (Fsp3) is 0.138. The monoisotopic (exact) mass is 545 g/mol. The van der Waals surface area contributed by atoms with Crippen LogP contribution in [0.25, 0.3) is 23.0 Å². The van der Waals surface area contributed by atoms with E-state index in [9.17, 15) is 4.79 Å². The standard InChI is InChI=1S/C29H24ClN3O2S2/c1-2-15-32-28(34)26(37-29(32)36)17-22-18-33(24-8-4-3-5-9-24)31-27(22)21-7-6-10-25(16-21)35-19-20-11-13-23(30)14-12-20/h3-14,16-18H,2,15,19H2,1H3/b26-17-. The first kappa shape index (κ1) is 25.3. The topological polar surface area (TPSA) is 47.4 Å². The number of hydrogen-bond donors (Lipinski definition) is 0. The van der Waals surface area contributed by atoms with Crippen LogP contribution in [-0.4, -0.2) is 31.5 Å². The highest BCUT2D eigenvalue weighted by Crippen LogP contribution is 2.35. The SMILES string of the molecule is CCCN1C(=O)/C(=C/c2cn(-c3ccccc3)nc2-c2cccc(OCc3ccc(Cl)cc3)c2)SC1=S. The van der Waals surface area contributed by atoms with E-state index in [4.69, 9.17) is 33.7 Å². The van der Waals surface area contributed by atoms with Crippen LogP contribution >= 0.6 is 35.6 Å². The molecule has 1 fully saturated rings. The van der Waals surface area contributed by atoms with Crippen molar-refractivity contribution in [3.63, 3.8) is 0 Å². The molecule has 186 valence electrons. The zero-order valence-corrected chi connectivity index (χ0v) is 22.5. The van der Waals surface area contributed by atoms with E-state index in [1.807, 2.05) is 103 Å². The Hall–Kier alpha value is -3.39. The van der Waals surface area contributed by atoms with E-state index in [1.54, 1.807) is 4.90 Å². The van der Waals surface area contributed by atoms with Gasteiger partial charge in [-0.3, -0.25) is 9.69 Å². The Bertz CT molecular complexity index is 1470. The van der Waals surface area contributed by atoms with Gasteiger partial charge in [-0.05, 0) is 54.5 Å². The molecule has 0 spiro atoms. The van der Waals surface area contributed by atoms with E-state index in [0.717, 1.165) is 40.2 Å². The lowest BCUT2D eigenvalue weighted by molar-refractivity contribution is -0.122. The lowest BCUT2D eigenvalue weighted by Gasteiger charge is -2.11. The zero-order valence-electron chi connectivity index (χ0n) is 20.1. The van der Waals surface area contributed by atoms with Crippen LogP contribution in [0.2, 0.25) is 5.02 Å². The molecule has 0 saturated carbocycles. The molecule has 0 N–H and O–H groups in total. The minimum atomic E-state index is -0.0599. The van der Waals surface area contributed by atoms with E-state index in [2.05, 4.69) is 0 Å². The molecule has 2 heterocycles. The minimum absolute atomic E-state index is 0.0599. The van der Waals surface area contributed by atoms with Gasteiger partial charge in [0.15, 0.2) is 0 Å². The number of carbonyl (C=O) groups is 1. The maximum atomic E-state index is 13.0. The zero-order chi connectivity index (χ0) is 25.8. The van der Waals surface area contributed by atoms with Gasteiger partial charge in [-0.2, -0.15) is 5.10 Å². The molecule has 0 radical (unpaired) electrons. The van der Waals surface area contributed by atoms with Crippen LogP contribution in [0.4, 0.5) is 0 Å². The summed E-state index contributed by atoms with van der Waals surface area (Å²) in [7, 11) is 0. The van der Waals surface area contributed by atoms with Crippen LogP contribution in [0.5, 0.6) is 5.75 Å². The molecule has 0 atom stereocenters. The molecule has 37 heavy (non-hydrogen) atoms. The first-order valence-electron chi connectivity index (χ1n) is 11.9. The maximum absolute atomic E-state index is 13.0. The molecular weight excluding hydrogens is 522 g/mol. The number of halogens is 1. The first-order chi connectivity index (χ1) is 18.0. The van der Waals surface area contributed by atoms with Crippen LogP contribution in [0, 0.1) is 0 Å². The van der Waals surface area contributed by atoms with Crippen LogP contribution < -0.4 is 4.74 Å². The van der Waals surface area contributed by atoms with Crippen LogP contribution in [-0.2, 0) is 11.4 Å². The van der Waals surface area contributed by atoms with Crippen molar-refractivity contribution in [3.8, 4) is 22.7 Å². The quantitative estimate of drug-likeness (QED) is 0.171. The Morgan fingerprint density at radius 3 is 2.59 bits per heavy atom. The van der Waals surface area contributed by atoms with Gasteiger partial charge in [-0.1, -0.05) is 85.0 Å². The highest BCUT2D eigenvalue weighted by Gasteiger charge is 2.31. The van der Waals surface area contributed by atoms with Gasteiger partial charge < -0.3 is 4.74 Å². The fourth-order valence-electron chi connectivity index (χ4n) is 3.97. The van der Waals surface area contributed by atoms with E-state index in [1.165, 1.54) is 11.8 Å². The van der Waals surface area contributed by atoms with Crippen molar-refractivity contribution >= 4 is 51.9 Å². The predicted molar refractivity (Wildman–Crippen MR) is 155 cm³/mol. The molecule has 0 bridgehead atoms. The third-order valence-electron chi connectivity index (χ3n) is 5.80. The van der Waals surface area contributed by atoms with Gasteiger partial charge in [0.2, 0.25) is 0 Å². The average molecular weight is 546 g/mol. The van der Waals surface area contributed by atoms with E-state index >= 15 is 0 Å². The highest BCUT2D eigenvalue weighted by atomic mass is 35.5. The molecule has 1 aliphatic heterocycles. The summed E-state index contributed by atoms with van der Waals surface area (Å²) in [6, 6.07) is 25.3. The Morgan fingerprint density at radius 1 is 1.05 bits per heavy atom. The number of ether oxygens (including phenoxy) is 1. The van der Waals surface area contributed by atoms with E-state index in [0.29, 0.717) is 27.4 Å². The molecule has 5 rings (SSSR count). The van der Waals surface area contributed by atoms with Crippen molar-refractivity contribution < 1.29 is 9.53 Å². The maximum Gasteiger partial charge on any atom is 0.266 e. The second kappa shape index (κ2) is 11.3. The summed E-state index contributed by atoms with van der Waals surface area (Å²) in [5.74, 6) is 0.664. The van der Waals surface area contributed by atoms with Crippen molar-refractivity contribution in [1.82, 2.24) is 14.7 Å². The largest absolute Gasteiger partial charge is 0.489 e. The second-order valence-electron chi connectivity index (χ2n) is 8.49. The summed E-state index contributed by atoms with van der Waals surface area (Å²) in [4.78, 5) is 15.3. The summed E-state index contributed by atoms with van der Waals surface area (Å²) in [5.41, 5.74) is 4.42. The highest BCUT2D eigenvalue weighted by molar-refractivity contribution is 8.26. The molecule has 5 nitrogen and oxygen atoms in total. The molecule has 1 aromatic heterocycles. The van der Waals surface area contributed by atoms with Gasteiger partial charge in [0.25, 0.3) is 5.91 Å². The van der Waals surface area contributed by atoms with Gasteiger partial charge in [-0.25, -0.2) is 4.68 Å². The molecule has 0 aliphatic carbocycles. The lowest BCUT2D eigenvalue weighted by atomic mass is 10.1. The minimum Gasteiger partial charge on any atom is -0.489 e. The van der Waals surface area contributed by atoms with Gasteiger partial charge in [0, 0.05) is 28.9 Å². The van der Waals surface area contributed by atoms with Crippen LogP contribution in [0.3, 0.4) is 0 Å².